The van der Waals surface area contributed by atoms with Crippen molar-refractivity contribution in [1.82, 2.24) is 0 Å². The molecule has 0 radical (unpaired) electrons. The normalized spacial score (nSPS) is 15.1. The molecule has 1 aromatic rings. The molecule has 14 heavy (non-hydrogen) atoms. The van der Waals surface area contributed by atoms with Crippen LogP contribution >= 0.6 is 36.2 Å². The van der Waals surface area contributed by atoms with Crippen LogP contribution in [0.25, 0.3) is 0 Å². The molecule has 1 aromatic carbocycles. The molecular weight excluding hydrogens is 232 g/mol. The molecule has 2 atom stereocenters. The lowest BCUT2D eigenvalue weighted by Gasteiger charge is -2.11. The Balaban J connectivity index is 2.80. The van der Waals surface area contributed by atoms with E-state index >= 15 is 0 Å². The van der Waals surface area contributed by atoms with Gasteiger partial charge in [-0.25, -0.2) is 0 Å². The van der Waals surface area contributed by atoms with E-state index in [4.69, 9.17) is 0 Å². The third-order valence-corrected chi connectivity index (χ3v) is 3.79. The molecule has 0 heterocycles. The van der Waals surface area contributed by atoms with Crippen LogP contribution in [0.2, 0.25) is 0 Å². The molecule has 0 bridgehead atoms. The Morgan fingerprint density at radius 2 is 1.64 bits per heavy atom. The van der Waals surface area contributed by atoms with Gasteiger partial charge in [-0.2, -0.15) is 12.6 Å². The number of thioether (sulfide) groups is 2. The molecule has 1 nitrogen and oxygen atoms in total. The molecule has 1 N–H and O–H groups in total. The summed E-state index contributed by atoms with van der Waals surface area (Å²) in [5, 5.41) is 9.30. The SMILES string of the molecule is CC(O)Sc1ccccc1SC(C)S. The summed E-state index contributed by atoms with van der Waals surface area (Å²) in [6, 6.07) is 8.07. The van der Waals surface area contributed by atoms with Gasteiger partial charge < -0.3 is 5.11 Å². The van der Waals surface area contributed by atoms with E-state index in [0.29, 0.717) is 0 Å². The molecule has 0 aliphatic rings. The van der Waals surface area contributed by atoms with Crippen LogP contribution in [0, 0.1) is 0 Å². The summed E-state index contributed by atoms with van der Waals surface area (Å²) in [4.78, 5) is 2.30. The third-order valence-electron chi connectivity index (χ3n) is 1.44. The highest BCUT2D eigenvalue weighted by Crippen LogP contribution is 2.35. The second-order valence-corrected chi connectivity index (χ2v) is 6.75. The number of aliphatic hydroxyl groups is 1. The summed E-state index contributed by atoms with van der Waals surface area (Å²) in [7, 11) is 0. The molecule has 0 spiro atoms. The molecule has 0 aliphatic heterocycles. The highest BCUT2D eigenvalue weighted by atomic mass is 32.2. The molecule has 0 amide bonds. The summed E-state index contributed by atoms with van der Waals surface area (Å²) in [6.07, 6.45) is 0. The van der Waals surface area contributed by atoms with Crippen molar-refractivity contribution in [2.75, 3.05) is 0 Å². The molecule has 4 heteroatoms. The van der Waals surface area contributed by atoms with E-state index in [0.717, 1.165) is 4.90 Å². The van der Waals surface area contributed by atoms with Crippen molar-refractivity contribution in [2.45, 2.75) is 33.7 Å². The smallest absolute Gasteiger partial charge is 0.101 e. The maximum atomic E-state index is 9.30. The minimum Gasteiger partial charge on any atom is -0.382 e. The molecule has 0 fully saturated rings. The van der Waals surface area contributed by atoms with Gasteiger partial charge in [0.25, 0.3) is 0 Å². The number of thiol groups is 1. The van der Waals surface area contributed by atoms with E-state index in [2.05, 4.69) is 18.7 Å². The van der Waals surface area contributed by atoms with Gasteiger partial charge in [-0.3, -0.25) is 0 Å². The van der Waals surface area contributed by atoms with Crippen LogP contribution in [-0.2, 0) is 0 Å². The van der Waals surface area contributed by atoms with E-state index in [1.807, 2.05) is 25.1 Å². The summed E-state index contributed by atoms with van der Waals surface area (Å²) < 4.78 is 0.269. The Hall–Kier alpha value is 0.230. The Labute approximate surface area is 99.1 Å². The lowest BCUT2D eigenvalue weighted by molar-refractivity contribution is 0.284. The molecule has 78 valence electrons. The van der Waals surface area contributed by atoms with Crippen molar-refractivity contribution in [1.29, 1.82) is 0 Å². The van der Waals surface area contributed by atoms with Crippen molar-refractivity contribution >= 4 is 36.2 Å². The van der Waals surface area contributed by atoms with Gasteiger partial charge in [-0.05, 0) is 26.0 Å². The van der Waals surface area contributed by atoms with Gasteiger partial charge in [0.1, 0.15) is 5.44 Å². The van der Waals surface area contributed by atoms with Gasteiger partial charge in [-0.1, -0.05) is 23.9 Å². The highest BCUT2D eigenvalue weighted by Gasteiger charge is 2.07. The fourth-order valence-corrected chi connectivity index (χ4v) is 3.06. The largest absolute Gasteiger partial charge is 0.382 e. The van der Waals surface area contributed by atoms with Gasteiger partial charge in [-0.15, -0.1) is 11.8 Å². The molecule has 0 aromatic heterocycles. The first-order chi connectivity index (χ1) is 6.59. The molecule has 0 aliphatic carbocycles. The summed E-state index contributed by atoms with van der Waals surface area (Å²) in [5.74, 6) is 0. The minimum absolute atomic E-state index is 0.269. The monoisotopic (exact) mass is 246 g/mol. The second-order valence-electron chi connectivity index (χ2n) is 2.88. The average Bonchev–Trinajstić information content (AvgIpc) is 2.06. The fourth-order valence-electron chi connectivity index (χ4n) is 1.01. The Morgan fingerprint density at radius 3 is 2.07 bits per heavy atom. The van der Waals surface area contributed by atoms with Gasteiger partial charge in [0.15, 0.2) is 0 Å². The maximum Gasteiger partial charge on any atom is 0.101 e. The zero-order valence-corrected chi connectivity index (χ0v) is 10.7. The summed E-state index contributed by atoms with van der Waals surface area (Å²) in [6.45, 7) is 3.81. The lowest BCUT2D eigenvalue weighted by atomic mass is 10.4. The maximum absolute atomic E-state index is 9.30. The van der Waals surface area contributed by atoms with Crippen LogP contribution in [0.3, 0.4) is 0 Å². The second kappa shape index (κ2) is 5.95. The Bertz CT molecular complexity index is 257. The van der Waals surface area contributed by atoms with Crippen LogP contribution in [0.5, 0.6) is 0 Å². The standard InChI is InChI=1S/C10H14OS3/c1-7(11)13-9-5-3-4-6-10(9)14-8(2)12/h3-8,11-12H,1-2H3. The molecule has 1 rings (SSSR count). The van der Waals surface area contributed by atoms with E-state index in [9.17, 15) is 5.11 Å². The Kier molecular flexibility index (Phi) is 5.23. The topological polar surface area (TPSA) is 20.2 Å². The van der Waals surface area contributed by atoms with Crippen LogP contribution in [-0.4, -0.2) is 15.1 Å². The first-order valence-electron chi connectivity index (χ1n) is 4.38. The summed E-state index contributed by atoms with van der Waals surface area (Å²) in [5.41, 5.74) is -0.369. The van der Waals surface area contributed by atoms with E-state index in [1.54, 1.807) is 18.7 Å². The molecular formula is C10H14OS3. The lowest BCUT2D eigenvalue weighted by Crippen LogP contribution is -1.93. The zero-order valence-electron chi connectivity index (χ0n) is 8.18. The highest BCUT2D eigenvalue weighted by molar-refractivity contribution is 8.10. The quantitative estimate of drug-likeness (QED) is 0.482. The fraction of sp³-hybridized carbons (Fsp3) is 0.400. The van der Waals surface area contributed by atoms with Crippen LogP contribution in [0.4, 0.5) is 0 Å². The number of aliphatic hydroxyl groups excluding tert-OH is 1. The van der Waals surface area contributed by atoms with E-state index in [-0.39, 0.29) is 10.0 Å². The van der Waals surface area contributed by atoms with Gasteiger partial charge in [0.05, 0.1) is 0 Å². The third kappa shape index (κ3) is 4.17. The van der Waals surface area contributed by atoms with E-state index in [1.165, 1.54) is 16.7 Å². The molecule has 0 saturated heterocycles. The van der Waals surface area contributed by atoms with Crippen molar-refractivity contribution < 1.29 is 5.11 Å². The van der Waals surface area contributed by atoms with Crippen molar-refractivity contribution in [3.63, 3.8) is 0 Å². The minimum atomic E-state index is -0.369. The predicted molar refractivity (Wildman–Crippen MR) is 68.3 cm³/mol. The first-order valence-corrected chi connectivity index (χ1v) is 6.65. The number of benzene rings is 1. The van der Waals surface area contributed by atoms with Crippen molar-refractivity contribution in [3.8, 4) is 0 Å². The molecule has 0 saturated carbocycles. The van der Waals surface area contributed by atoms with Crippen LogP contribution in [0.15, 0.2) is 34.1 Å². The van der Waals surface area contributed by atoms with Gasteiger partial charge in [0, 0.05) is 14.4 Å². The first kappa shape index (κ1) is 12.3. The molecule has 2 unspecified atom stereocenters. The van der Waals surface area contributed by atoms with Gasteiger partial charge >= 0.3 is 0 Å². The Morgan fingerprint density at radius 1 is 1.14 bits per heavy atom. The number of rotatable bonds is 4. The van der Waals surface area contributed by atoms with Crippen LogP contribution < -0.4 is 0 Å². The summed E-state index contributed by atoms with van der Waals surface area (Å²) >= 11 is 7.51. The van der Waals surface area contributed by atoms with Gasteiger partial charge in [0.2, 0.25) is 0 Å². The van der Waals surface area contributed by atoms with Crippen molar-refractivity contribution in [2.24, 2.45) is 0 Å². The number of hydrogen-bond acceptors (Lipinski definition) is 4. The van der Waals surface area contributed by atoms with E-state index < -0.39 is 0 Å². The number of hydrogen-bond donors (Lipinski definition) is 2. The van der Waals surface area contributed by atoms with Crippen LogP contribution in [0.1, 0.15) is 13.8 Å². The average molecular weight is 246 g/mol. The predicted octanol–water partition coefficient (Wildman–Crippen LogP) is 3.48. The zero-order chi connectivity index (χ0) is 10.6. The van der Waals surface area contributed by atoms with Crippen molar-refractivity contribution in [3.05, 3.63) is 24.3 Å².